The van der Waals surface area contributed by atoms with E-state index in [1.165, 1.54) is 0 Å². The monoisotopic (exact) mass is 190 g/mol. The Hall–Kier alpha value is -1.76. The number of hydrogen-bond acceptors (Lipinski definition) is 4. The summed E-state index contributed by atoms with van der Waals surface area (Å²) in [4.78, 5) is 6.20. The van der Waals surface area contributed by atoms with E-state index in [0.29, 0.717) is 17.1 Å². The molecule has 1 rings (SSSR count). The molecule has 2 N–H and O–H groups in total. The SMILES string of the molecule is CCN(CC)c1nccc(C#N)c1N. The first-order valence-corrected chi connectivity index (χ1v) is 4.64. The van der Waals surface area contributed by atoms with Gasteiger partial charge >= 0.3 is 0 Å². The van der Waals surface area contributed by atoms with Crippen LogP contribution < -0.4 is 10.6 Å². The zero-order valence-corrected chi connectivity index (χ0v) is 8.49. The summed E-state index contributed by atoms with van der Waals surface area (Å²) in [6.45, 7) is 5.73. The molecule has 1 aromatic rings. The summed E-state index contributed by atoms with van der Waals surface area (Å²) in [6, 6.07) is 3.67. The molecular weight excluding hydrogens is 176 g/mol. The lowest BCUT2D eigenvalue weighted by Crippen LogP contribution is -2.24. The maximum atomic E-state index is 8.79. The van der Waals surface area contributed by atoms with Crippen molar-refractivity contribution in [3.63, 3.8) is 0 Å². The molecule has 0 aliphatic heterocycles. The Morgan fingerprint density at radius 3 is 2.64 bits per heavy atom. The molecule has 0 bridgehead atoms. The molecule has 0 amide bonds. The fraction of sp³-hybridized carbons (Fsp3) is 0.400. The Morgan fingerprint density at radius 1 is 1.50 bits per heavy atom. The van der Waals surface area contributed by atoms with Gasteiger partial charge in [0.15, 0.2) is 5.82 Å². The average Bonchev–Trinajstić information content (AvgIpc) is 2.22. The van der Waals surface area contributed by atoms with Gasteiger partial charge in [-0.3, -0.25) is 0 Å². The number of nitriles is 1. The third-order valence-electron chi connectivity index (χ3n) is 2.15. The van der Waals surface area contributed by atoms with Crippen molar-refractivity contribution in [2.24, 2.45) is 0 Å². The van der Waals surface area contributed by atoms with E-state index in [2.05, 4.69) is 4.98 Å². The molecular formula is C10H14N4. The van der Waals surface area contributed by atoms with Crippen LogP contribution in [-0.2, 0) is 0 Å². The van der Waals surface area contributed by atoms with Gasteiger partial charge in [0.2, 0.25) is 0 Å². The Balaban J connectivity index is 3.15. The highest BCUT2D eigenvalue weighted by Crippen LogP contribution is 2.22. The van der Waals surface area contributed by atoms with Crippen molar-refractivity contribution in [3.8, 4) is 6.07 Å². The Bertz CT molecular complexity index is 350. The Morgan fingerprint density at radius 2 is 2.14 bits per heavy atom. The average molecular weight is 190 g/mol. The molecule has 0 saturated carbocycles. The highest BCUT2D eigenvalue weighted by Gasteiger charge is 2.10. The van der Waals surface area contributed by atoms with Crippen molar-refractivity contribution in [2.75, 3.05) is 23.7 Å². The Kier molecular flexibility index (Phi) is 3.29. The Labute approximate surface area is 84.0 Å². The summed E-state index contributed by atoms with van der Waals surface area (Å²) in [6.07, 6.45) is 1.61. The van der Waals surface area contributed by atoms with E-state index in [1.807, 2.05) is 24.8 Å². The predicted molar refractivity (Wildman–Crippen MR) is 56.9 cm³/mol. The van der Waals surface area contributed by atoms with Gasteiger partial charge in [0.1, 0.15) is 6.07 Å². The first-order valence-electron chi connectivity index (χ1n) is 4.64. The molecule has 0 radical (unpaired) electrons. The minimum atomic E-state index is 0.471. The van der Waals surface area contributed by atoms with Gasteiger partial charge in [-0.15, -0.1) is 0 Å². The minimum absolute atomic E-state index is 0.471. The second-order valence-electron chi connectivity index (χ2n) is 2.88. The summed E-state index contributed by atoms with van der Waals surface area (Å²) < 4.78 is 0. The molecule has 1 aromatic heterocycles. The first kappa shape index (κ1) is 10.3. The quantitative estimate of drug-likeness (QED) is 0.782. The highest BCUT2D eigenvalue weighted by molar-refractivity contribution is 5.69. The molecule has 0 atom stereocenters. The van der Waals surface area contributed by atoms with Crippen LogP contribution in [0, 0.1) is 11.3 Å². The van der Waals surface area contributed by atoms with E-state index in [-0.39, 0.29) is 0 Å². The van der Waals surface area contributed by atoms with Gasteiger partial charge in [0.25, 0.3) is 0 Å². The number of rotatable bonds is 3. The molecule has 0 aliphatic rings. The molecule has 0 spiro atoms. The molecule has 4 nitrogen and oxygen atoms in total. The lowest BCUT2D eigenvalue weighted by molar-refractivity contribution is 0.847. The summed E-state index contributed by atoms with van der Waals surface area (Å²) in [7, 11) is 0. The van der Waals surface area contributed by atoms with E-state index >= 15 is 0 Å². The molecule has 0 fully saturated rings. The number of nitrogens with two attached hydrogens (primary N) is 1. The molecule has 4 heteroatoms. The van der Waals surface area contributed by atoms with Gasteiger partial charge in [-0.25, -0.2) is 4.98 Å². The molecule has 0 aliphatic carbocycles. The summed E-state index contributed by atoms with van der Waals surface area (Å²) in [5.74, 6) is 0.703. The maximum Gasteiger partial charge on any atom is 0.153 e. The van der Waals surface area contributed by atoms with Crippen LogP contribution in [0.3, 0.4) is 0 Å². The number of pyridine rings is 1. The number of nitrogens with zero attached hydrogens (tertiary/aromatic N) is 3. The second-order valence-corrected chi connectivity index (χ2v) is 2.88. The van der Waals surface area contributed by atoms with Crippen molar-refractivity contribution in [1.82, 2.24) is 4.98 Å². The van der Waals surface area contributed by atoms with E-state index in [9.17, 15) is 0 Å². The lowest BCUT2D eigenvalue weighted by Gasteiger charge is -2.21. The van der Waals surface area contributed by atoms with Crippen LogP contribution in [0.15, 0.2) is 12.3 Å². The third-order valence-corrected chi connectivity index (χ3v) is 2.15. The second kappa shape index (κ2) is 4.47. The van der Waals surface area contributed by atoms with E-state index in [1.54, 1.807) is 12.3 Å². The van der Waals surface area contributed by atoms with Crippen LogP contribution in [0.1, 0.15) is 19.4 Å². The van der Waals surface area contributed by atoms with Crippen molar-refractivity contribution < 1.29 is 0 Å². The zero-order valence-electron chi connectivity index (χ0n) is 8.49. The van der Waals surface area contributed by atoms with Crippen LogP contribution in [0.2, 0.25) is 0 Å². The molecule has 0 unspecified atom stereocenters. The van der Waals surface area contributed by atoms with Gasteiger partial charge in [-0.2, -0.15) is 5.26 Å². The van der Waals surface area contributed by atoms with E-state index in [0.717, 1.165) is 13.1 Å². The fourth-order valence-electron chi connectivity index (χ4n) is 1.33. The highest BCUT2D eigenvalue weighted by atomic mass is 15.2. The first-order chi connectivity index (χ1) is 6.74. The number of hydrogen-bond donors (Lipinski definition) is 1. The van der Waals surface area contributed by atoms with Gasteiger partial charge in [-0.1, -0.05) is 0 Å². The third kappa shape index (κ3) is 1.77. The molecule has 74 valence electrons. The summed E-state index contributed by atoms with van der Waals surface area (Å²) >= 11 is 0. The maximum absolute atomic E-state index is 8.79. The zero-order chi connectivity index (χ0) is 10.6. The fourth-order valence-corrected chi connectivity index (χ4v) is 1.33. The number of nitrogen functional groups attached to an aromatic ring is 1. The van der Waals surface area contributed by atoms with Crippen molar-refractivity contribution in [3.05, 3.63) is 17.8 Å². The normalized spacial score (nSPS) is 9.50. The topological polar surface area (TPSA) is 65.9 Å². The van der Waals surface area contributed by atoms with Crippen LogP contribution in [-0.4, -0.2) is 18.1 Å². The van der Waals surface area contributed by atoms with Gasteiger partial charge in [0, 0.05) is 19.3 Å². The smallest absolute Gasteiger partial charge is 0.153 e. The van der Waals surface area contributed by atoms with Crippen LogP contribution in [0.5, 0.6) is 0 Å². The summed E-state index contributed by atoms with van der Waals surface area (Å²) in [5, 5.41) is 8.79. The minimum Gasteiger partial charge on any atom is -0.395 e. The molecule has 0 aromatic carbocycles. The van der Waals surface area contributed by atoms with E-state index < -0.39 is 0 Å². The number of aromatic nitrogens is 1. The van der Waals surface area contributed by atoms with E-state index in [4.69, 9.17) is 11.0 Å². The van der Waals surface area contributed by atoms with Gasteiger partial charge in [0.05, 0.1) is 11.3 Å². The van der Waals surface area contributed by atoms with Gasteiger partial charge < -0.3 is 10.6 Å². The molecule has 14 heavy (non-hydrogen) atoms. The van der Waals surface area contributed by atoms with Crippen molar-refractivity contribution in [2.45, 2.75) is 13.8 Å². The molecule has 1 heterocycles. The van der Waals surface area contributed by atoms with Crippen LogP contribution in [0.25, 0.3) is 0 Å². The summed E-state index contributed by atoms with van der Waals surface area (Å²) in [5.41, 5.74) is 6.78. The lowest BCUT2D eigenvalue weighted by atomic mass is 10.2. The predicted octanol–water partition coefficient (Wildman–Crippen LogP) is 1.38. The largest absolute Gasteiger partial charge is 0.395 e. The van der Waals surface area contributed by atoms with Crippen molar-refractivity contribution >= 4 is 11.5 Å². The van der Waals surface area contributed by atoms with Gasteiger partial charge in [-0.05, 0) is 19.9 Å². The number of anilines is 2. The molecule has 0 saturated heterocycles. The van der Waals surface area contributed by atoms with Crippen molar-refractivity contribution in [1.29, 1.82) is 5.26 Å². The van der Waals surface area contributed by atoms with Crippen LogP contribution >= 0.6 is 0 Å². The standard InChI is InChI=1S/C10H14N4/c1-3-14(4-2)10-9(12)8(7-11)5-6-13-10/h5-6H,3-4,12H2,1-2H3. The van der Waals surface area contributed by atoms with Crippen LogP contribution in [0.4, 0.5) is 11.5 Å².